The Morgan fingerprint density at radius 1 is 1.07 bits per heavy atom. The van der Waals surface area contributed by atoms with Gasteiger partial charge in [-0.1, -0.05) is 66.6 Å². The maximum absolute atomic E-state index is 6.20. The van der Waals surface area contributed by atoms with Crippen LogP contribution in [0.15, 0.2) is 73.2 Å². The molecule has 1 unspecified atom stereocenters. The van der Waals surface area contributed by atoms with Crippen LogP contribution in [0.3, 0.4) is 0 Å². The first-order valence-corrected chi connectivity index (χ1v) is 10.4. The summed E-state index contributed by atoms with van der Waals surface area (Å²) in [6, 6.07) is 19.1. The van der Waals surface area contributed by atoms with E-state index in [1.54, 1.807) is 0 Å². The van der Waals surface area contributed by atoms with Crippen molar-refractivity contribution in [3.63, 3.8) is 0 Å². The van der Waals surface area contributed by atoms with E-state index in [0.717, 1.165) is 31.0 Å². The molecule has 0 saturated carbocycles. The number of allylic oxidation sites excluding steroid dienone is 1. The van der Waals surface area contributed by atoms with Crippen molar-refractivity contribution in [1.82, 2.24) is 14.9 Å². The van der Waals surface area contributed by atoms with Gasteiger partial charge in [0.05, 0.1) is 12.0 Å². The van der Waals surface area contributed by atoms with Gasteiger partial charge < -0.3 is 9.88 Å². The van der Waals surface area contributed by atoms with Gasteiger partial charge in [-0.25, -0.2) is 4.98 Å². The second-order valence-corrected chi connectivity index (χ2v) is 7.87. The van der Waals surface area contributed by atoms with E-state index in [4.69, 9.17) is 11.6 Å². The molecule has 0 saturated heterocycles. The number of imidazole rings is 1. The Hall–Kier alpha value is -2.36. The van der Waals surface area contributed by atoms with Crippen LogP contribution in [-0.4, -0.2) is 15.6 Å². The fourth-order valence-electron chi connectivity index (χ4n) is 3.83. The minimum atomic E-state index is 0.372. The van der Waals surface area contributed by atoms with E-state index >= 15 is 0 Å². The molecule has 2 aromatic carbocycles. The smallest absolute Gasteiger partial charge is 0.0951 e. The monoisotopic (exact) mass is 391 g/mol. The summed E-state index contributed by atoms with van der Waals surface area (Å²) >= 11 is 6.20. The lowest BCUT2D eigenvalue weighted by molar-refractivity contribution is 0.525. The third kappa shape index (κ3) is 4.92. The van der Waals surface area contributed by atoms with E-state index in [9.17, 15) is 0 Å². The van der Waals surface area contributed by atoms with Gasteiger partial charge in [-0.05, 0) is 48.1 Å². The predicted octanol–water partition coefficient (Wildman–Crippen LogP) is 5.70. The van der Waals surface area contributed by atoms with Crippen molar-refractivity contribution in [3.8, 4) is 0 Å². The van der Waals surface area contributed by atoms with Crippen LogP contribution in [0.4, 0.5) is 0 Å². The summed E-state index contributed by atoms with van der Waals surface area (Å²) < 4.78 is 2.22. The van der Waals surface area contributed by atoms with Gasteiger partial charge in [0.1, 0.15) is 0 Å². The quantitative estimate of drug-likeness (QED) is 0.584. The summed E-state index contributed by atoms with van der Waals surface area (Å²) in [4.78, 5) is 4.37. The molecule has 4 rings (SSSR count). The van der Waals surface area contributed by atoms with Gasteiger partial charge in [0.2, 0.25) is 0 Å². The first-order valence-electron chi connectivity index (χ1n) is 10.0. The molecule has 1 aliphatic rings. The molecule has 28 heavy (non-hydrogen) atoms. The molecule has 1 N–H and O–H groups in total. The fraction of sp³-hybridized carbons (Fsp3) is 0.292. The summed E-state index contributed by atoms with van der Waals surface area (Å²) in [6.07, 6.45) is 11.0. The highest BCUT2D eigenvalue weighted by Gasteiger charge is 2.14. The number of hydrogen-bond acceptors (Lipinski definition) is 2. The number of halogens is 1. The van der Waals surface area contributed by atoms with Gasteiger partial charge >= 0.3 is 0 Å². The van der Waals surface area contributed by atoms with Gasteiger partial charge in [0.15, 0.2) is 0 Å². The zero-order chi connectivity index (χ0) is 19.2. The Labute approximate surface area is 172 Å². The van der Waals surface area contributed by atoms with Crippen molar-refractivity contribution in [2.75, 3.05) is 0 Å². The zero-order valence-electron chi connectivity index (χ0n) is 16.0. The van der Waals surface area contributed by atoms with Crippen molar-refractivity contribution in [2.24, 2.45) is 0 Å². The van der Waals surface area contributed by atoms with E-state index in [0.29, 0.717) is 6.04 Å². The summed E-state index contributed by atoms with van der Waals surface area (Å²) in [5.41, 5.74) is 5.15. The minimum absolute atomic E-state index is 0.372. The summed E-state index contributed by atoms with van der Waals surface area (Å²) in [7, 11) is 0. The summed E-state index contributed by atoms with van der Waals surface area (Å²) in [5, 5.41) is 4.54. The highest BCUT2D eigenvalue weighted by Crippen LogP contribution is 2.28. The van der Waals surface area contributed by atoms with Gasteiger partial charge in [0, 0.05) is 30.4 Å². The van der Waals surface area contributed by atoms with E-state index < -0.39 is 0 Å². The van der Waals surface area contributed by atoms with E-state index in [1.165, 1.54) is 35.2 Å². The number of hydrogen-bond donors (Lipinski definition) is 1. The Balaban J connectivity index is 1.44. The predicted molar refractivity (Wildman–Crippen MR) is 116 cm³/mol. The first kappa shape index (κ1) is 19.0. The van der Waals surface area contributed by atoms with Crippen LogP contribution in [-0.2, 0) is 13.1 Å². The number of rotatable bonds is 6. The van der Waals surface area contributed by atoms with Gasteiger partial charge in [-0.3, -0.25) is 0 Å². The molecule has 0 radical (unpaired) electrons. The molecule has 3 nitrogen and oxygen atoms in total. The maximum atomic E-state index is 6.20. The molecular weight excluding hydrogens is 366 g/mol. The van der Waals surface area contributed by atoms with Crippen LogP contribution in [0.1, 0.15) is 42.5 Å². The molecule has 1 aliphatic carbocycles. The lowest BCUT2D eigenvalue weighted by atomic mass is 10.0. The van der Waals surface area contributed by atoms with Crippen molar-refractivity contribution in [1.29, 1.82) is 0 Å². The molecule has 1 aromatic heterocycles. The standard InChI is InChI=1S/C24H26ClN3/c25-22-11-6-10-20(13-22)21-9-4-5-12-23(14-21)27-16-24-15-26-18-28(24)17-19-7-2-1-3-8-19/h1-3,6-8,10-11,13-15,18,23,27H,4-5,9,12,16-17H2. The van der Waals surface area contributed by atoms with Crippen molar-refractivity contribution in [2.45, 2.75) is 44.8 Å². The molecule has 0 amide bonds. The first-order chi connectivity index (χ1) is 13.8. The van der Waals surface area contributed by atoms with Crippen LogP contribution in [0.5, 0.6) is 0 Å². The number of aromatic nitrogens is 2. The molecule has 0 fully saturated rings. The lowest BCUT2D eigenvalue weighted by Gasteiger charge is -2.16. The Morgan fingerprint density at radius 3 is 2.82 bits per heavy atom. The van der Waals surface area contributed by atoms with Crippen LogP contribution < -0.4 is 5.32 Å². The van der Waals surface area contributed by atoms with Crippen LogP contribution in [0.25, 0.3) is 5.57 Å². The Bertz CT molecular complexity index is 930. The van der Waals surface area contributed by atoms with Crippen molar-refractivity contribution in [3.05, 3.63) is 95.0 Å². The molecule has 1 atom stereocenters. The van der Waals surface area contributed by atoms with Crippen molar-refractivity contribution >= 4 is 17.2 Å². The van der Waals surface area contributed by atoms with E-state index in [1.807, 2.05) is 24.7 Å². The third-order valence-corrected chi connectivity index (χ3v) is 5.58. The highest BCUT2D eigenvalue weighted by atomic mass is 35.5. The molecule has 1 heterocycles. The normalized spacial score (nSPS) is 17.2. The van der Waals surface area contributed by atoms with E-state index in [-0.39, 0.29) is 0 Å². The second-order valence-electron chi connectivity index (χ2n) is 7.43. The zero-order valence-corrected chi connectivity index (χ0v) is 16.8. The molecule has 144 valence electrons. The van der Waals surface area contributed by atoms with E-state index in [2.05, 4.69) is 63.4 Å². The number of benzene rings is 2. The largest absolute Gasteiger partial charge is 0.329 e. The van der Waals surface area contributed by atoms with Crippen LogP contribution in [0, 0.1) is 0 Å². The Kier molecular flexibility index (Phi) is 6.25. The molecule has 0 aliphatic heterocycles. The fourth-order valence-corrected chi connectivity index (χ4v) is 4.02. The van der Waals surface area contributed by atoms with Crippen LogP contribution in [0.2, 0.25) is 5.02 Å². The minimum Gasteiger partial charge on any atom is -0.329 e. The SMILES string of the molecule is Clc1cccc(C2=CC(NCc3cncn3Cc3ccccc3)CCCC2)c1. The molecule has 0 spiro atoms. The molecular formula is C24H26ClN3. The molecule has 4 heteroatoms. The number of nitrogens with one attached hydrogen (secondary N) is 1. The summed E-state index contributed by atoms with van der Waals surface area (Å²) in [6.45, 7) is 1.67. The third-order valence-electron chi connectivity index (χ3n) is 5.35. The average molecular weight is 392 g/mol. The average Bonchev–Trinajstić information content (AvgIpc) is 3.01. The number of nitrogens with zero attached hydrogens (tertiary/aromatic N) is 2. The summed E-state index contributed by atoms with van der Waals surface area (Å²) in [5.74, 6) is 0. The van der Waals surface area contributed by atoms with Gasteiger partial charge in [0.25, 0.3) is 0 Å². The molecule has 0 bridgehead atoms. The second kappa shape index (κ2) is 9.22. The lowest BCUT2D eigenvalue weighted by Crippen LogP contribution is -2.27. The topological polar surface area (TPSA) is 29.9 Å². The van der Waals surface area contributed by atoms with Crippen molar-refractivity contribution < 1.29 is 0 Å². The maximum Gasteiger partial charge on any atom is 0.0951 e. The highest BCUT2D eigenvalue weighted by molar-refractivity contribution is 6.30. The van der Waals surface area contributed by atoms with Crippen LogP contribution >= 0.6 is 11.6 Å². The molecule has 3 aromatic rings. The van der Waals surface area contributed by atoms with Gasteiger partial charge in [-0.15, -0.1) is 0 Å². The van der Waals surface area contributed by atoms with Gasteiger partial charge in [-0.2, -0.15) is 0 Å². The Morgan fingerprint density at radius 2 is 1.96 bits per heavy atom.